The number of rotatable bonds is 7. The van der Waals surface area contributed by atoms with Gasteiger partial charge in [-0.3, -0.25) is 9.48 Å². The summed E-state index contributed by atoms with van der Waals surface area (Å²) < 4.78 is 2.07. The Morgan fingerprint density at radius 1 is 1.45 bits per heavy atom. The van der Waals surface area contributed by atoms with Crippen LogP contribution in [0.15, 0.2) is 11.1 Å². The van der Waals surface area contributed by atoms with Gasteiger partial charge in [0.2, 0.25) is 0 Å². The predicted molar refractivity (Wildman–Crippen MR) is 81.4 cm³/mol. The molecular formula is C15H24N2O2S. The molecule has 1 heterocycles. The van der Waals surface area contributed by atoms with Crippen molar-refractivity contribution in [3.05, 3.63) is 11.8 Å². The first kappa shape index (κ1) is 15.4. The van der Waals surface area contributed by atoms with Gasteiger partial charge < -0.3 is 5.11 Å². The highest BCUT2D eigenvalue weighted by molar-refractivity contribution is 7.99. The first-order valence-electron chi connectivity index (χ1n) is 7.59. The van der Waals surface area contributed by atoms with Crippen LogP contribution in [0, 0.1) is 0 Å². The quantitative estimate of drug-likeness (QED) is 0.770. The number of carboxylic acid groups (broad SMARTS) is 1. The summed E-state index contributed by atoms with van der Waals surface area (Å²) in [6.07, 6.45) is 7.10. The average molecular weight is 296 g/mol. The third-order valence-electron chi connectivity index (χ3n) is 4.13. The Labute approximate surface area is 124 Å². The van der Waals surface area contributed by atoms with Gasteiger partial charge >= 0.3 is 5.97 Å². The Morgan fingerprint density at radius 3 is 2.65 bits per heavy atom. The van der Waals surface area contributed by atoms with E-state index in [0.29, 0.717) is 12.0 Å². The molecule has 1 aliphatic carbocycles. The number of hydrogen-bond acceptors (Lipinski definition) is 3. The molecule has 0 radical (unpaired) electrons. The van der Waals surface area contributed by atoms with E-state index in [-0.39, 0.29) is 5.75 Å². The van der Waals surface area contributed by atoms with E-state index in [1.54, 1.807) is 0 Å². The summed E-state index contributed by atoms with van der Waals surface area (Å²) in [7, 11) is 0. The molecule has 2 rings (SSSR count). The number of nitrogens with zero attached hydrogens (tertiary/aromatic N) is 2. The van der Waals surface area contributed by atoms with E-state index >= 15 is 0 Å². The molecule has 1 N–H and O–H groups in total. The van der Waals surface area contributed by atoms with Crippen molar-refractivity contribution < 1.29 is 9.90 Å². The molecule has 0 amide bonds. The second kappa shape index (κ2) is 7.16. The van der Waals surface area contributed by atoms with Crippen molar-refractivity contribution in [1.29, 1.82) is 0 Å². The Hall–Kier alpha value is -0.970. The molecule has 0 aromatic carbocycles. The van der Waals surface area contributed by atoms with E-state index < -0.39 is 5.97 Å². The van der Waals surface area contributed by atoms with Crippen LogP contribution in [0.5, 0.6) is 0 Å². The molecule has 0 unspecified atom stereocenters. The summed E-state index contributed by atoms with van der Waals surface area (Å²) in [6.45, 7) is 4.33. The summed E-state index contributed by atoms with van der Waals surface area (Å²) >= 11 is 1.39. The lowest BCUT2D eigenvalue weighted by atomic mass is 10.1. The largest absolute Gasteiger partial charge is 0.481 e. The molecule has 20 heavy (non-hydrogen) atoms. The van der Waals surface area contributed by atoms with E-state index in [1.807, 2.05) is 0 Å². The Morgan fingerprint density at radius 2 is 2.10 bits per heavy atom. The smallest absolute Gasteiger partial charge is 0.313 e. The van der Waals surface area contributed by atoms with E-state index in [4.69, 9.17) is 10.2 Å². The van der Waals surface area contributed by atoms with Crippen LogP contribution >= 0.6 is 11.8 Å². The van der Waals surface area contributed by atoms with Crippen LogP contribution in [0.1, 0.15) is 70.0 Å². The van der Waals surface area contributed by atoms with Gasteiger partial charge in [0.25, 0.3) is 0 Å². The van der Waals surface area contributed by atoms with Gasteiger partial charge in [0.1, 0.15) is 0 Å². The zero-order valence-electron chi connectivity index (χ0n) is 12.3. The molecule has 0 saturated heterocycles. The van der Waals surface area contributed by atoms with Crippen molar-refractivity contribution in [3.63, 3.8) is 0 Å². The van der Waals surface area contributed by atoms with Gasteiger partial charge in [-0.1, -0.05) is 38.5 Å². The molecule has 5 heteroatoms. The molecule has 112 valence electrons. The van der Waals surface area contributed by atoms with E-state index in [9.17, 15) is 4.79 Å². The lowest BCUT2D eigenvalue weighted by Gasteiger charge is -2.16. The molecule has 0 bridgehead atoms. The van der Waals surface area contributed by atoms with Crippen LogP contribution in [0.2, 0.25) is 0 Å². The standard InChI is InChI=1S/C15H24N2O2S/c1-3-12(4-2)17-14(20-10-15(18)19)9-13(16-17)11-7-5-6-8-11/h9,11-12H,3-8,10H2,1-2H3,(H,18,19). The number of carboxylic acids is 1. The fourth-order valence-electron chi connectivity index (χ4n) is 2.96. The van der Waals surface area contributed by atoms with Gasteiger partial charge in [-0.25, -0.2) is 0 Å². The van der Waals surface area contributed by atoms with Crippen LogP contribution in [0.4, 0.5) is 0 Å². The molecule has 0 atom stereocenters. The van der Waals surface area contributed by atoms with Crippen LogP contribution < -0.4 is 0 Å². The van der Waals surface area contributed by atoms with Crippen molar-refractivity contribution in [3.8, 4) is 0 Å². The van der Waals surface area contributed by atoms with Gasteiger partial charge in [-0.2, -0.15) is 5.10 Å². The SMILES string of the molecule is CCC(CC)n1nc(C2CCCC2)cc1SCC(=O)O. The third kappa shape index (κ3) is 3.57. The second-order valence-corrected chi connectivity index (χ2v) is 6.48. The van der Waals surface area contributed by atoms with E-state index in [1.165, 1.54) is 43.1 Å². The highest BCUT2D eigenvalue weighted by Gasteiger charge is 2.23. The number of aromatic nitrogens is 2. The monoisotopic (exact) mass is 296 g/mol. The van der Waals surface area contributed by atoms with Gasteiger partial charge in [-0.15, -0.1) is 0 Å². The molecule has 0 spiro atoms. The summed E-state index contributed by atoms with van der Waals surface area (Å²) in [6, 6.07) is 2.50. The molecule has 4 nitrogen and oxygen atoms in total. The minimum atomic E-state index is -0.769. The lowest BCUT2D eigenvalue weighted by Crippen LogP contribution is -2.11. The fraction of sp³-hybridized carbons (Fsp3) is 0.733. The second-order valence-electron chi connectivity index (χ2n) is 5.49. The van der Waals surface area contributed by atoms with Crippen molar-refractivity contribution in [1.82, 2.24) is 9.78 Å². The predicted octanol–water partition coefficient (Wildman–Crippen LogP) is 4.08. The normalized spacial score (nSPS) is 16.1. The molecule has 1 aliphatic rings. The Kier molecular flexibility index (Phi) is 5.52. The molecule has 0 aliphatic heterocycles. The Bertz CT molecular complexity index is 449. The van der Waals surface area contributed by atoms with Crippen LogP contribution in [-0.2, 0) is 4.79 Å². The van der Waals surface area contributed by atoms with Crippen LogP contribution in [0.25, 0.3) is 0 Å². The molecule has 1 saturated carbocycles. The maximum absolute atomic E-state index is 10.8. The van der Waals surface area contributed by atoms with Crippen molar-refractivity contribution >= 4 is 17.7 Å². The van der Waals surface area contributed by atoms with Gasteiger partial charge in [0, 0.05) is 5.92 Å². The maximum Gasteiger partial charge on any atom is 0.313 e. The average Bonchev–Trinajstić information content (AvgIpc) is 3.07. The van der Waals surface area contributed by atoms with Crippen molar-refractivity contribution in [2.75, 3.05) is 5.75 Å². The maximum atomic E-state index is 10.8. The van der Waals surface area contributed by atoms with Gasteiger partial charge in [0.05, 0.1) is 22.5 Å². The molecular weight excluding hydrogens is 272 g/mol. The molecule has 1 aromatic heterocycles. The zero-order chi connectivity index (χ0) is 14.5. The number of thioether (sulfide) groups is 1. The fourth-order valence-corrected chi connectivity index (χ4v) is 3.75. The molecule has 1 fully saturated rings. The number of aliphatic carboxylic acids is 1. The van der Waals surface area contributed by atoms with Gasteiger partial charge in [0.15, 0.2) is 0 Å². The highest BCUT2D eigenvalue weighted by Crippen LogP contribution is 2.36. The Balaban J connectivity index is 2.22. The summed E-state index contributed by atoms with van der Waals surface area (Å²) in [5, 5.41) is 14.7. The van der Waals surface area contributed by atoms with Crippen LogP contribution in [-0.4, -0.2) is 26.6 Å². The number of hydrogen-bond donors (Lipinski definition) is 1. The minimum Gasteiger partial charge on any atom is -0.481 e. The number of carbonyl (C=O) groups is 1. The first-order chi connectivity index (χ1) is 9.65. The van der Waals surface area contributed by atoms with Crippen LogP contribution in [0.3, 0.4) is 0 Å². The van der Waals surface area contributed by atoms with Crippen molar-refractivity contribution in [2.24, 2.45) is 0 Å². The molecule has 1 aromatic rings. The zero-order valence-corrected chi connectivity index (χ0v) is 13.2. The summed E-state index contributed by atoms with van der Waals surface area (Å²) in [4.78, 5) is 10.8. The first-order valence-corrected chi connectivity index (χ1v) is 8.58. The summed E-state index contributed by atoms with van der Waals surface area (Å²) in [5.41, 5.74) is 1.17. The van der Waals surface area contributed by atoms with Crippen molar-refractivity contribution in [2.45, 2.75) is 69.4 Å². The minimum absolute atomic E-state index is 0.107. The van der Waals surface area contributed by atoms with E-state index in [0.717, 1.165) is 17.9 Å². The van der Waals surface area contributed by atoms with E-state index in [2.05, 4.69) is 24.6 Å². The lowest BCUT2D eigenvalue weighted by molar-refractivity contribution is -0.133. The third-order valence-corrected chi connectivity index (χ3v) is 5.12. The van der Waals surface area contributed by atoms with Gasteiger partial charge in [-0.05, 0) is 31.7 Å². The highest BCUT2D eigenvalue weighted by atomic mass is 32.2. The topological polar surface area (TPSA) is 55.1 Å². The summed E-state index contributed by atoms with van der Waals surface area (Å²) in [5.74, 6) is -0.0832.